The Labute approximate surface area is 144 Å². The van der Waals surface area contributed by atoms with Crippen LogP contribution in [0.3, 0.4) is 0 Å². The number of hydrogen-bond donors (Lipinski definition) is 2. The molecule has 1 heterocycles. The van der Waals surface area contributed by atoms with E-state index in [0.717, 1.165) is 25.9 Å². The van der Waals surface area contributed by atoms with Gasteiger partial charge in [-0.3, -0.25) is 9.59 Å². The van der Waals surface area contributed by atoms with Crippen LogP contribution in [0.4, 0.5) is 0 Å². The minimum atomic E-state index is 0.0946. The molecule has 8 heteroatoms. The number of nitrogens with zero attached hydrogens (tertiary/aromatic N) is 2. The number of carbonyl (C=O) groups is 2. The van der Waals surface area contributed by atoms with E-state index < -0.39 is 0 Å². The summed E-state index contributed by atoms with van der Waals surface area (Å²) in [7, 11) is 3.34. The van der Waals surface area contributed by atoms with Crippen molar-refractivity contribution in [2.45, 2.75) is 12.8 Å². The predicted molar refractivity (Wildman–Crippen MR) is 91.9 cm³/mol. The molecule has 0 spiro atoms. The minimum Gasteiger partial charge on any atom is -0.385 e. The lowest BCUT2D eigenvalue weighted by Crippen LogP contribution is -2.53. The third-order valence-electron chi connectivity index (χ3n) is 3.94. The topological polar surface area (TPSA) is 83.1 Å². The van der Waals surface area contributed by atoms with Gasteiger partial charge in [0.15, 0.2) is 0 Å². The van der Waals surface area contributed by atoms with Crippen molar-refractivity contribution >= 4 is 11.8 Å². The summed E-state index contributed by atoms with van der Waals surface area (Å²) in [4.78, 5) is 27.8. The van der Waals surface area contributed by atoms with Gasteiger partial charge in [-0.05, 0) is 25.9 Å². The Kier molecular flexibility index (Phi) is 11.4. The molecule has 1 saturated heterocycles. The minimum absolute atomic E-state index is 0.0946. The molecule has 2 amide bonds. The number of methoxy groups -OCH3 is 2. The van der Waals surface area contributed by atoms with Crippen molar-refractivity contribution in [2.24, 2.45) is 0 Å². The van der Waals surface area contributed by atoms with E-state index in [4.69, 9.17) is 9.47 Å². The standard InChI is InChI=1S/C16H32N4O4/c1-23-11-3-5-17-13-15(21)19-7-9-20(10-8-19)16(22)14-18-6-4-12-24-2/h17-18H,3-14H2,1-2H3. The first-order valence-corrected chi connectivity index (χ1v) is 8.64. The van der Waals surface area contributed by atoms with Gasteiger partial charge in [-0.1, -0.05) is 0 Å². The van der Waals surface area contributed by atoms with Crippen LogP contribution in [0.15, 0.2) is 0 Å². The Morgan fingerprint density at radius 1 is 0.792 bits per heavy atom. The third kappa shape index (κ3) is 8.58. The average Bonchev–Trinajstić information content (AvgIpc) is 2.61. The van der Waals surface area contributed by atoms with Crippen LogP contribution in [0.5, 0.6) is 0 Å². The fourth-order valence-electron chi connectivity index (χ4n) is 2.50. The van der Waals surface area contributed by atoms with Gasteiger partial charge in [0.1, 0.15) is 0 Å². The first-order valence-electron chi connectivity index (χ1n) is 8.64. The molecule has 0 aromatic carbocycles. The number of ether oxygens (including phenoxy) is 2. The molecule has 0 bridgehead atoms. The van der Waals surface area contributed by atoms with Crippen molar-refractivity contribution in [3.63, 3.8) is 0 Å². The lowest BCUT2D eigenvalue weighted by Gasteiger charge is -2.35. The number of carbonyl (C=O) groups excluding carboxylic acids is 2. The van der Waals surface area contributed by atoms with Gasteiger partial charge in [-0.2, -0.15) is 0 Å². The van der Waals surface area contributed by atoms with E-state index in [-0.39, 0.29) is 11.8 Å². The highest BCUT2D eigenvalue weighted by Crippen LogP contribution is 2.02. The van der Waals surface area contributed by atoms with Crippen LogP contribution in [-0.2, 0) is 19.1 Å². The van der Waals surface area contributed by atoms with E-state index in [2.05, 4.69) is 10.6 Å². The maximum absolute atomic E-state index is 12.1. The molecule has 1 aliphatic rings. The highest BCUT2D eigenvalue weighted by atomic mass is 16.5. The second-order valence-corrected chi connectivity index (χ2v) is 5.81. The van der Waals surface area contributed by atoms with Gasteiger partial charge in [-0.25, -0.2) is 0 Å². The molecule has 0 aromatic heterocycles. The average molecular weight is 344 g/mol. The summed E-state index contributed by atoms with van der Waals surface area (Å²) in [6.45, 7) is 6.05. The molecule has 2 N–H and O–H groups in total. The van der Waals surface area contributed by atoms with Crippen LogP contribution < -0.4 is 10.6 Å². The molecule has 0 radical (unpaired) electrons. The van der Waals surface area contributed by atoms with Gasteiger partial charge >= 0.3 is 0 Å². The van der Waals surface area contributed by atoms with E-state index in [1.54, 1.807) is 14.2 Å². The molecular weight excluding hydrogens is 312 g/mol. The quantitative estimate of drug-likeness (QED) is 0.438. The van der Waals surface area contributed by atoms with E-state index in [9.17, 15) is 9.59 Å². The lowest BCUT2D eigenvalue weighted by atomic mass is 10.3. The van der Waals surface area contributed by atoms with Gasteiger partial charge in [0, 0.05) is 53.6 Å². The highest BCUT2D eigenvalue weighted by molar-refractivity contribution is 5.80. The summed E-state index contributed by atoms with van der Waals surface area (Å²) >= 11 is 0. The van der Waals surface area contributed by atoms with Crippen LogP contribution in [0.1, 0.15) is 12.8 Å². The Balaban J connectivity index is 2.11. The number of hydrogen-bond acceptors (Lipinski definition) is 6. The van der Waals surface area contributed by atoms with Crippen molar-refractivity contribution in [1.82, 2.24) is 20.4 Å². The molecule has 1 rings (SSSR count). The second kappa shape index (κ2) is 13.1. The van der Waals surface area contributed by atoms with Crippen molar-refractivity contribution in [2.75, 3.05) is 79.8 Å². The zero-order valence-electron chi connectivity index (χ0n) is 15.0. The number of amides is 2. The smallest absolute Gasteiger partial charge is 0.236 e. The molecule has 8 nitrogen and oxygen atoms in total. The van der Waals surface area contributed by atoms with Crippen LogP contribution in [0.25, 0.3) is 0 Å². The van der Waals surface area contributed by atoms with Gasteiger partial charge in [0.2, 0.25) is 11.8 Å². The van der Waals surface area contributed by atoms with E-state index in [0.29, 0.717) is 52.5 Å². The molecule has 0 unspecified atom stereocenters. The van der Waals surface area contributed by atoms with Crippen LogP contribution in [-0.4, -0.2) is 101 Å². The molecule has 140 valence electrons. The summed E-state index contributed by atoms with van der Waals surface area (Å²) in [5.74, 6) is 0.189. The van der Waals surface area contributed by atoms with Crippen LogP contribution in [0, 0.1) is 0 Å². The number of nitrogens with one attached hydrogen (secondary N) is 2. The predicted octanol–water partition coefficient (Wildman–Crippen LogP) is -1.09. The van der Waals surface area contributed by atoms with Gasteiger partial charge in [0.05, 0.1) is 13.1 Å². The molecule has 1 aliphatic heterocycles. The summed E-state index contributed by atoms with van der Waals surface area (Å²) in [5.41, 5.74) is 0. The summed E-state index contributed by atoms with van der Waals surface area (Å²) in [6.07, 6.45) is 1.78. The molecule has 1 fully saturated rings. The van der Waals surface area contributed by atoms with Crippen molar-refractivity contribution in [1.29, 1.82) is 0 Å². The molecule has 0 aliphatic carbocycles. The molecule has 24 heavy (non-hydrogen) atoms. The Morgan fingerprint density at radius 3 is 1.50 bits per heavy atom. The Hall–Kier alpha value is -1.22. The first kappa shape index (κ1) is 20.8. The fourth-order valence-corrected chi connectivity index (χ4v) is 2.50. The molecule has 0 saturated carbocycles. The largest absolute Gasteiger partial charge is 0.385 e. The molecule has 0 aromatic rings. The van der Waals surface area contributed by atoms with Gasteiger partial charge in [0.25, 0.3) is 0 Å². The van der Waals surface area contributed by atoms with Crippen molar-refractivity contribution in [3.05, 3.63) is 0 Å². The molecular formula is C16H32N4O4. The molecule has 0 atom stereocenters. The normalized spacial score (nSPS) is 14.9. The summed E-state index contributed by atoms with van der Waals surface area (Å²) in [6, 6.07) is 0. The zero-order chi connectivity index (χ0) is 17.6. The first-order chi connectivity index (χ1) is 11.7. The van der Waals surface area contributed by atoms with E-state index in [1.165, 1.54) is 0 Å². The van der Waals surface area contributed by atoms with Gasteiger partial charge in [-0.15, -0.1) is 0 Å². The lowest BCUT2D eigenvalue weighted by molar-refractivity contribution is -0.138. The van der Waals surface area contributed by atoms with Gasteiger partial charge < -0.3 is 29.9 Å². The van der Waals surface area contributed by atoms with E-state index >= 15 is 0 Å². The summed E-state index contributed by atoms with van der Waals surface area (Å²) in [5, 5.41) is 6.25. The van der Waals surface area contributed by atoms with Crippen LogP contribution in [0.2, 0.25) is 0 Å². The maximum atomic E-state index is 12.1. The number of rotatable bonds is 12. The summed E-state index contributed by atoms with van der Waals surface area (Å²) < 4.78 is 9.92. The zero-order valence-corrected chi connectivity index (χ0v) is 15.0. The van der Waals surface area contributed by atoms with Crippen molar-refractivity contribution in [3.8, 4) is 0 Å². The van der Waals surface area contributed by atoms with E-state index in [1.807, 2.05) is 9.80 Å². The fraction of sp³-hybridized carbons (Fsp3) is 0.875. The number of piperazine rings is 1. The SMILES string of the molecule is COCCCNCC(=O)N1CCN(C(=O)CNCCCOC)CC1. The second-order valence-electron chi connectivity index (χ2n) is 5.81. The monoisotopic (exact) mass is 344 g/mol. The maximum Gasteiger partial charge on any atom is 0.236 e. The highest BCUT2D eigenvalue weighted by Gasteiger charge is 2.23. The van der Waals surface area contributed by atoms with Crippen LogP contribution >= 0.6 is 0 Å². The third-order valence-corrected chi connectivity index (χ3v) is 3.94. The Morgan fingerprint density at radius 2 is 1.17 bits per heavy atom. The van der Waals surface area contributed by atoms with Crippen molar-refractivity contribution < 1.29 is 19.1 Å². The Bertz CT molecular complexity index is 326.